The van der Waals surface area contributed by atoms with E-state index in [1.54, 1.807) is 22.8 Å². The molecule has 0 saturated heterocycles. The molecule has 3 N–H and O–H groups in total. The van der Waals surface area contributed by atoms with Crippen molar-refractivity contribution in [2.75, 3.05) is 0 Å². The molecule has 1 amide bonds. The van der Waals surface area contributed by atoms with Crippen molar-refractivity contribution in [3.05, 3.63) is 57.8 Å². The summed E-state index contributed by atoms with van der Waals surface area (Å²) in [5.74, 6) is -0.478. The first kappa shape index (κ1) is 13.1. The van der Waals surface area contributed by atoms with Gasteiger partial charge in [-0.2, -0.15) is 5.10 Å². The maximum Gasteiger partial charge on any atom is 0.275 e. The molecule has 0 unspecified atom stereocenters. The molecule has 3 aromatic rings. The average molecular weight is 282 g/mol. The highest BCUT2D eigenvalue weighted by Gasteiger charge is 2.15. The van der Waals surface area contributed by atoms with E-state index in [9.17, 15) is 9.59 Å². The lowest BCUT2D eigenvalue weighted by Gasteiger charge is -2.07. The van der Waals surface area contributed by atoms with Crippen LogP contribution in [0.4, 0.5) is 0 Å². The quantitative estimate of drug-likeness (QED) is 0.744. The van der Waals surface area contributed by atoms with E-state index in [0.29, 0.717) is 11.1 Å². The number of carbonyl (C=O) groups excluding carboxylic acids is 1. The van der Waals surface area contributed by atoms with Crippen LogP contribution in [0.5, 0.6) is 0 Å². The fourth-order valence-corrected chi connectivity index (χ4v) is 2.50. The summed E-state index contributed by atoms with van der Waals surface area (Å²) in [6, 6.07) is 5.28. The molecule has 1 aromatic carbocycles. The highest BCUT2D eigenvalue weighted by molar-refractivity contribution is 5.95. The van der Waals surface area contributed by atoms with E-state index in [-0.39, 0.29) is 5.56 Å². The van der Waals surface area contributed by atoms with E-state index < -0.39 is 5.91 Å². The second kappa shape index (κ2) is 4.59. The average Bonchev–Trinajstić information content (AvgIpc) is 2.77. The molecule has 0 atom stereocenters. The van der Waals surface area contributed by atoms with Crippen molar-refractivity contribution in [2.24, 2.45) is 5.73 Å². The first-order chi connectivity index (χ1) is 9.99. The zero-order valence-corrected chi connectivity index (χ0v) is 11.7. The summed E-state index contributed by atoms with van der Waals surface area (Å²) in [5.41, 5.74) is 9.61. The summed E-state index contributed by atoms with van der Waals surface area (Å²) in [6.45, 7) is 3.80. The lowest BCUT2D eigenvalue weighted by Crippen LogP contribution is -2.11. The predicted molar refractivity (Wildman–Crippen MR) is 79.2 cm³/mol. The van der Waals surface area contributed by atoms with Gasteiger partial charge in [-0.1, -0.05) is 6.07 Å². The first-order valence-corrected chi connectivity index (χ1v) is 6.45. The second-order valence-corrected chi connectivity index (χ2v) is 4.97. The molecule has 0 aliphatic rings. The highest BCUT2D eigenvalue weighted by atomic mass is 16.1. The minimum absolute atomic E-state index is 0.197. The van der Waals surface area contributed by atoms with E-state index >= 15 is 0 Å². The molecule has 0 saturated carbocycles. The third kappa shape index (κ3) is 2.01. The number of nitrogens with one attached hydrogen (secondary N) is 1. The van der Waals surface area contributed by atoms with Gasteiger partial charge in [0.15, 0.2) is 0 Å². The number of hydrogen-bond donors (Lipinski definition) is 2. The van der Waals surface area contributed by atoms with Gasteiger partial charge < -0.3 is 10.7 Å². The first-order valence-electron chi connectivity index (χ1n) is 6.45. The summed E-state index contributed by atoms with van der Waals surface area (Å²) in [6.07, 6.45) is 3.14. The number of aromatic nitrogens is 3. The fraction of sp³-hybridized carbons (Fsp3) is 0.133. The number of aryl methyl sites for hydroxylation is 2. The Morgan fingerprint density at radius 1 is 1.29 bits per heavy atom. The SMILES string of the molecule is Cc1ccc(C(N)=O)cc1-c1cn2nc[nH]c(=O)c2c1C. The van der Waals surface area contributed by atoms with Gasteiger partial charge in [0, 0.05) is 17.3 Å². The number of rotatable bonds is 2. The van der Waals surface area contributed by atoms with Crippen molar-refractivity contribution in [3.8, 4) is 11.1 Å². The smallest absolute Gasteiger partial charge is 0.275 e. The standard InChI is InChI=1S/C15H14N4O2/c1-8-3-4-10(14(16)20)5-11(8)12-6-19-13(9(12)2)15(21)17-7-18-19/h3-7H,1-2H3,(H2,16,20)(H,17,18,21). The highest BCUT2D eigenvalue weighted by Crippen LogP contribution is 2.29. The molecule has 0 aliphatic heterocycles. The van der Waals surface area contributed by atoms with Gasteiger partial charge in [-0.05, 0) is 42.7 Å². The lowest BCUT2D eigenvalue weighted by atomic mass is 9.97. The van der Waals surface area contributed by atoms with Crippen LogP contribution < -0.4 is 11.3 Å². The van der Waals surface area contributed by atoms with Crippen LogP contribution in [0, 0.1) is 13.8 Å². The summed E-state index contributed by atoms with van der Waals surface area (Å²) < 4.78 is 1.54. The van der Waals surface area contributed by atoms with Gasteiger partial charge >= 0.3 is 0 Å². The van der Waals surface area contributed by atoms with Crippen LogP contribution in [-0.2, 0) is 0 Å². The molecule has 0 spiro atoms. The van der Waals surface area contributed by atoms with Gasteiger partial charge in [0.25, 0.3) is 5.56 Å². The zero-order chi connectivity index (χ0) is 15.1. The number of fused-ring (bicyclic) bond motifs is 1. The maximum absolute atomic E-state index is 11.9. The van der Waals surface area contributed by atoms with Crippen molar-refractivity contribution in [3.63, 3.8) is 0 Å². The molecule has 0 aliphatic carbocycles. The maximum atomic E-state index is 11.9. The fourth-order valence-electron chi connectivity index (χ4n) is 2.50. The van der Waals surface area contributed by atoms with Crippen LogP contribution in [0.25, 0.3) is 16.6 Å². The molecule has 3 rings (SSSR count). The summed E-state index contributed by atoms with van der Waals surface area (Å²) >= 11 is 0. The van der Waals surface area contributed by atoms with Crippen LogP contribution >= 0.6 is 0 Å². The van der Waals surface area contributed by atoms with Crippen LogP contribution in [-0.4, -0.2) is 20.5 Å². The summed E-state index contributed by atoms with van der Waals surface area (Å²) in [5, 5.41) is 4.11. The van der Waals surface area contributed by atoms with Gasteiger partial charge in [-0.25, -0.2) is 4.52 Å². The number of benzene rings is 1. The number of carbonyl (C=O) groups is 1. The summed E-state index contributed by atoms with van der Waals surface area (Å²) in [7, 11) is 0. The molecule has 6 nitrogen and oxygen atoms in total. The minimum Gasteiger partial charge on any atom is -0.366 e. The van der Waals surface area contributed by atoms with Crippen LogP contribution in [0.2, 0.25) is 0 Å². The number of hydrogen-bond acceptors (Lipinski definition) is 3. The van der Waals surface area contributed by atoms with Crippen molar-refractivity contribution < 1.29 is 4.79 Å². The topological polar surface area (TPSA) is 93.2 Å². The molecule has 6 heteroatoms. The Bertz CT molecular complexity index is 921. The Balaban J connectivity index is 2.33. The van der Waals surface area contributed by atoms with E-state index in [2.05, 4.69) is 10.1 Å². The molecule has 2 heterocycles. The largest absolute Gasteiger partial charge is 0.366 e. The van der Waals surface area contributed by atoms with E-state index in [0.717, 1.165) is 22.3 Å². The van der Waals surface area contributed by atoms with Crippen molar-refractivity contribution >= 4 is 11.4 Å². The van der Waals surface area contributed by atoms with Crippen LogP contribution in [0.1, 0.15) is 21.5 Å². The Hall–Kier alpha value is -2.89. The Kier molecular flexibility index (Phi) is 2.86. The number of aromatic amines is 1. The van der Waals surface area contributed by atoms with Gasteiger partial charge in [0.05, 0.1) is 0 Å². The van der Waals surface area contributed by atoms with Gasteiger partial charge in [0.2, 0.25) is 5.91 Å². The zero-order valence-electron chi connectivity index (χ0n) is 11.7. The third-order valence-electron chi connectivity index (χ3n) is 3.64. The molecule has 106 valence electrons. The predicted octanol–water partition coefficient (Wildman–Crippen LogP) is 1.41. The van der Waals surface area contributed by atoms with Crippen LogP contribution in [0.15, 0.2) is 35.5 Å². The monoisotopic (exact) mass is 282 g/mol. The molecule has 0 radical (unpaired) electrons. The number of amides is 1. The minimum atomic E-state index is -0.478. The molecule has 2 aromatic heterocycles. The summed E-state index contributed by atoms with van der Waals surface area (Å²) in [4.78, 5) is 25.8. The Morgan fingerprint density at radius 3 is 2.71 bits per heavy atom. The lowest BCUT2D eigenvalue weighted by molar-refractivity contribution is 0.100. The van der Waals surface area contributed by atoms with Crippen molar-refractivity contribution in [1.29, 1.82) is 0 Å². The van der Waals surface area contributed by atoms with Crippen molar-refractivity contribution in [1.82, 2.24) is 14.6 Å². The number of nitrogens with zero attached hydrogens (tertiary/aromatic N) is 2. The van der Waals surface area contributed by atoms with E-state index in [1.165, 1.54) is 6.33 Å². The van der Waals surface area contributed by atoms with Crippen molar-refractivity contribution in [2.45, 2.75) is 13.8 Å². The van der Waals surface area contributed by atoms with Gasteiger partial charge in [-0.3, -0.25) is 9.59 Å². The normalized spacial score (nSPS) is 11.0. The Morgan fingerprint density at radius 2 is 2.05 bits per heavy atom. The van der Waals surface area contributed by atoms with E-state index in [1.807, 2.05) is 19.9 Å². The Labute approximate surface area is 120 Å². The molecule has 21 heavy (non-hydrogen) atoms. The molecular weight excluding hydrogens is 268 g/mol. The number of nitrogens with two attached hydrogens (primary N) is 1. The molecule has 0 bridgehead atoms. The second-order valence-electron chi connectivity index (χ2n) is 4.97. The number of H-pyrrole nitrogens is 1. The molecular formula is C15H14N4O2. The number of primary amides is 1. The van der Waals surface area contributed by atoms with Gasteiger partial charge in [0.1, 0.15) is 11.8 Å². The van der Waals surface area contributed by atoms with Gasteiger partial charge in [-0.15, -0.1) is 0 Å². The third-order valence-corrected chi connectivity index (χ3v) is 3.64. The molecule has 0 fully saturated rings. The van der Waals surface area contributed by atoms with Crippen LogP contribution in [0.3, 0.4) is 0 Å². The van der Waals surface area contributed by atoms with E-state index in [4.69, 9.17) is 5.73 Å².